The number of hydrogen-bond acceptors (Lipinski definition) is 6. The average molecular weight is 766 g/mol. The number of nitrogens with one attached hydrogen (secondary N) is 1. The molecule has 0 saturated carbocycles. The molecule has 6 aromatic carbocycles. The van der Waals surface area contributed by atoms with Gasteiger partial charge in [0.25, 0.3) is 0 Å². The maximum atomic E-state index is 14.0. The Morgan fingerprint density at radius 1 is 0.621 bits per heavy atom. The molecule has 8 heteroatoms. The quantitative estimate of drug-likeness (QED) is 0.0826. The average Bonchev–Trinajstić information content (AvgIpc) is 3.88. The number of benzene rings is 6. The fourth-order valence-corrected chi connectivity index (χ4v) is 8.08. The first-order chi connectivity index (χ1) is 28.5. The summed E-state index contributed by atoms with van der Waals surface area (Å²) in [5, 5.41) is 2.85. The standard InChI is InChI=1S/C50H43N3O5/c54-47(29-30-48(55)57-33-36-17-5-1-6-18-36)46(52-49(56)58-34-45-43-27-15-13-25-41(43)42-26-14-16-28-44(42)45)31-40-32-53(35-51-40)50(37-19-7-2-8-20-37,38-21-9-3-10-22-38)39-23-11-4-12-24-39/h1-28,32,35,45-46H,29-31,33-34H2,(H,52,56)/t46-/m0/s1. The van der Waals surface area contributed by atoms with Crippen molar-refractivity contribution >= 4 is 17.8 Å². The number of carbonyl (C=O) groups is 3. The van der Waals surface area contributed by atoms with Crippen LogP contribution in [0.15, 0.2) is 182 Å². The van der Waals surface area contributed by atoms with E-state index in [1.165, 1.54) is 0 Å². The molecule has 1 N–H and O–H groups in total. The Kier molecular flexibility index (Phi) is 11.3. The highest BCUT2D eigenvalue weighted by atomic mass is 16.5. The molecule has 8 nitrogen and oxygen atoms in total. The van der Waals surface area contributed by atoms with E-state index in [0.717, 1.165) is 44.5 Å². The first-order valence-corrected chi connectivity index (χ1v) is 19.5. The van der Waals surface area contributed by atoms with Gasteiger partial charge in [0.2, 0.25) is 0 Å². The lowest BCUT2D eigenvalue weighted by Crippen LogP contribution is -2.43. The van der Waals surface area contributed by atoms with E-state index in [4.69, 9.17) is 14.5 Å². The van der Waals surface area contributed by atoms with Gasteiger partial charge in [-0.25, -0.2) is 9.78 Å². The summed E-state index contributed by atoms with van der Waals surface area (Å²) in [7, 11) is 0. The number of aromatic nitrogens is 2. The van der Waals surface area contributed by atoms with Gasteiger partial charge in [-0.3, -0.25) is 9.59 Å². The summed E-state index contributed by atoms with van der Waals surface area (Å²) >= 11 is 0. The highest BCUT2D eigenvalue weighted by molar-refractivity contribution is 5.90. The first-order valence-electron chi connectivity index (χ1n) is 19.5. The second-order valence-electron chi connectivity index (χ2n) is 14.4. The normalized spacial score (nSPS) is 12.6. The molecule has 1 aromatic heterocycles. The Morgan fingerprint density at radius 3 is 1.67 bits per heavy atom. The number of Topliss-reactive ketones (excluding diaryl/α,β-unsaturated/α-hetero) is 1. The largest absolute Gasteiger partial charge is 0.461 e. The van der Waals surface area contributed by atoms with Crippen molar-refractivity contribution < 1.29 is 23.9 Å². The van der Waals surface area contributed by atoms with Crippen LogP contribution in [-0.2, 0) is 37.6 Å². The summed E-state index contributed by atoms with van der Waals surface area (Å²) in [4.78, 5) is 45.3. The zero-order valence-corrected chi connectivity index (χ0v) is 31.9. The molecular weight excluding hydrogens is 723 g/mol. The first kappa shape index (κ1) is 37.8. The van der Waals surface area contributed by atoms with E-state index in [2.05, 4.69) is 70.5 Å². The molecule has 0 saturated heterocycles. The van der Waals surface area contributed by atoms with Crippen LogP contribution in [0.2, 0.25) is 0 Å². The Morgan fingerprint density at radius 2 is 1.12 bits per heavy atom. The summed E-state index contributed by atoms with van der Waals surface area (Å²) in [5.41, 5.74) is 8.10. The summed E-state index contributed by atoms with van der Waals surface area (Å²) in [6.07, 6.45) is 2.79. The van der Waals surface area contributed by atoms with Crippen molar-refractivity contribution in [2.45, 2.75) is 43.4 Å². The van der Waals surface area contributed by atoms with Crippen molar-refractivity contribution in [3.8, 4) is 11.1 Å². The van der Waals surface area contributed by atoms with Crippen molar-refractivity contribution in [1.82, 2.24) is 14.9 Å². The molecular formula is C50H43N3O5. The van der Waals surface area contributed by atoms with Crippen LogP contribution in [0.3, 0.4) is 0 Å². The van der Waals surface area contributed by atoms with Gasteiger partial charge in [0.15, 0.2) is 5.78 Å². The Hall–Kier alpha value is -7.06. The number of hydrogen-bond donors (Lipinski definition) is 1. The van der Waals surface area contributed by atoms with E-state index in [0.29, 0.717) is 5.69 Å². The molecule has 1 amide bonds. The minimum Gasteiger partial charge on any atom is -0.461 e. The minimum absolute atomic E-state index is 0.0730. The smallest absolute Gasteiger partial charge is 0.407 e. The van der Waals surface area contributed by atoms with Crippen molar-refractivity contribution in [1.29, 1.82) is 0 Å². The lowest BCUT2D eigenvalue weighted by atomic mass is 9.77. The third-order valence-corrected chi connectivity index (χ3v) is 10.9. The second kappa shape index (κ2) is 17.4. The summed E-state index contributed by atoms with van der Waals surface area (Å²) < 4.78 is 13.4. The van der Waals surface area contributed by atoms with Crippen LogP contribution in [-0.4, -0.2) is 40.0 Å². The molecule has 7 aromatic rings. The van der Waals surface area contributed by atoms with Gasteiger partial charge in [-0.2, -0.15) is 0 Å². The molecule has 0 bridgehead atoms. The maximum Gasteiger partial charge on any atom is 0.407 e. The van der Waals surface area contributed by atoms with Crippen molar-refractivity contribution in [2.24, 2.45) is 0 Å². The van der Waals surface area contributed by atoms with Gasteiger partial charge < -0.3 is 19.4 Å². The molecule has 8 rings (SSSR count). The Labute approximate surface area is 338 Å². The fraction of sp³-hybridized carbons (Fsp3) is 0.160. The van der Waals surface area contributed by atoms with E-state index in [1.807, 2.05) is 115 Å². The van der Waals surface area contributed by atoms with Gasteiger partial charge in [0.05, 0.1) is 24.5 Å². The molecule has 58 heavy (non-hydrogen) atoms. The third kappa shape index (κ3) is 7.95. The third-order valence-electron chi connectivity index (χ3n) is 10.9. The van der Waals surface area contributed by atoms with Crippen LogP contribution in [0, 0.1) is 0 Å². The SMILES string of the molecule is O=C(CCC(=O)[C@H](Cc1cn(C(c2ccccc2)(c2ccccc2)c2ccccc2)cn1)NC(=O)OCC1c2ccccc2-c2ccccc21)OCc1ccccc1. The summed E-state index contributed by atoms with van der Waals surface area (Å²) in [5.74, 6) is -0.982. The zero-order valence-electron chi connectivity index (χ0n) is 31.9. The highest BCUT2D eigenvalue weighted by Gasteiger charge is 2.39. The predicted octanol–water partition coefficient (Wildman–Crippen LogP) is 9.27. The van der Waals surface area contributed by atoms with Gasteiger partial charge in [-0.05, 0) is 44.5 Å². The van der Waals surface area contributed by atoms with Crippen LogP contribution < -0.4 is 5.32 Å². The van der Waals surface area contributed by atoms with Crippen LogP contribution >= 0.6 is 0 Å². The molecule has 0 aliphatic heterocycles. The lowest BCUT2D eigenvalue weighted by molar-refractivity contribution is -0.146. The number of carbonyl (C=O) groups excluding carboxylic acids is 3. The lowest BCUT2D eigenvalue weighted by Gasteiger charge is -2.37. The van der Waals surface area contributed by atoms with Crippen LogP contribution in [0.25, 0.3) is 11.1 Å². The number of nitrogens with zero attached hydrogens (tertiary/aromatic N) is 2. The Bertz CT molecular complexity index is 2340. The van der Waals surface area contributed by atoms with Gasteiger partial charge in [-0.15, -0.1) is 0 Å². The summed E-state index contributed by atoms with van der Waals surface area (Å²) in [6, 6.07) is 55.3. The monoisotopic (exact) mass is 765 g/mol. The second-order valence-corrected chi connectivity index (χ2v) is 14.4. The predicted molar refractivity (Wildman–Crippen MR) is 223 cm³/mol. The van der Waals surface area contributed by atoms with Crippen LogP contribution in [0.1, 0.15) is 57.8 Å². The molecule has 288 valence electrons. The van der Waals surface area contributed by atoms with E-state index >= 15 is 0 Å². The fourth-order valence-electron chi connectivity index (χ4n) is 8.08. The number of ether oxygens (including phenoxy) is 2. The van der Waals surface area contributed by atoms with Crippen molar-refractivity contribution in [2.75, 3.05) is 6.61 Å². The highest BCUT2D eigenvalue weighted by Crippen LogP contribution is 2.45. The molecule has 0 spiro atoms. The molecule has 0 fully saturated rings. The molecule has 0 unspecified atom stereocenters. The molecule has 1 atom stereocenters. The van der Waals surface area contributed by atoms with E-state index in [-0.39, 0.29) is 44.2 Å². The molecule has 1 aliphatic carbocycles. The number of ketones is 1. The van der Waals surface area contributed by atoms with E-state index in [9.17, 15) is 14.4 Å². The number of fused-ring (bicyclic) bond motifs is 3. The van der Waals surface area contributed by atoms with Crippen LogP contribution in [0.5, 0.6) is 0 Å². The van der Waals surface area contributed by atoms with Gasteiger partial charge >= 0.3 is 12.1 Å². The number of amides is 1. The summed E-state index contributed by atoms with van der Waals surface area (Å²) in [6.45, 7) is 0.202. The minimum atomic E-state index is -1.03. The maximum absolute atomic E-state index is 14.0. The van der Waals surface area contributed by atoms with Gasteiger partial charge in [0.1, 0.15) is 18.8 Å². The van der Waals surface area contributed by atoms with Crippen molar-refractivity contribution in [3.05, 3.63) is 221 Å². The number of esters is 1. The van der Waals surface area contributed by atoms with Crippen molar-refractivity contribution in [3.63, 3.8) is 0 Å². The molecule has 1 aliphatic rings. The number of imidazole rings is 1. The van der Waals surface area contributed by atoms with Gasteiger partial charge in [-0.1, -0.05) is 170 Å². The Balaban J connectivity index is 1.06. The topological polar surface area (TPSA) is 99.5 Å². The van der Waals surface area contributed by atoms with Gasteiger partial charge in [0, 0.05) is 25.0 Å². The molecule has 0 radical (unpaired) electrons. The molecule has 1 heterocycles. The van der Waals surface area contributed by atoms with Crippen LogP contribution in [0.4, 0.5) is 4.79 Å². The van der Waals surface area contributed by atoms with E-state index < -0.39 is 23.6 Å². The zero-order chi connectivity index (χ0) is 39.7. The number of alkyl carbamates (subject to hydrolysis) is 1. The van der Waals surface area contributed by atoms with E-state index in [1.54, 1.807) is 6.33 Å². The number of rotatable bonds is 15.